The minimum atomic E-state index is 0. The van der Waals surface area contributed by atoms with E-state index in [1.807, 2.05) is 18.2 Å². The highest BCUT2D eigenvalue weighted by Gasteiger charge is 1.95. The topological polar surface area (TPSA) is 3.24 Å². The van der Waals surface area contributed by atoms with Gasteiger partial charge in [-0.1, -0.05) is 18.2 Å². The molecule has 1 nitrogen and oxygen atoms in total. The van der Waals surface area contributed by atoms with E-state index in [4.69, 9.17) is 0 Å². The molecule has 1 aromatic rings. The van der Waals surface area contributed by atoms with Crippen molar-refractivity contribution in [2.75, 3.05) is 24.2 Å². The summed E-state index contributed by atoms with van der Waals surface area (Å²) in [5.74, 6) is 0.894. The van der Waals surface area contributed by atoms with Gasteiger partial charge in [0.1, 0.15) is 0 Å². The van der Waals surface area contributed by atoms with Gasteiger partial charge in [-0.2, -0.15) is 12.6 Å². The second-order valence-corrected chi connectivity index (χ2v) is 2.93. The average Bonchev–Trinajstić information content (AvgIpc) is 2.07. The molecule has 0 saturated carbocycles. The van der Waals surface area contributed by atoms with Crippen molar-refractivity contribution in [3.05, 3.63) is 30.3 Å². The Kier molecular flexibility index (Phi) is 6.03. The minimum Gasteiger partial charge on any atom is -0.374 e. The highest BCUT2D eigenvalue weighted by atomic mass is 35.5. The van der Waals surface area contributed by atoms with E-state index < -0.39 is 0 Å². The first-order valence-electron chi connectivity index (χ1n) is 3.71. The normalized spacial score (nSPS) is 8.83. The van der Waals surface area contributed by atoms with Crippen LogP contribution in [0.25, 0.3) is 0 Å². The first-order valence-corrected chi connectivity index (χ1v) is 4.35. The van der Waals surface area contributed by atoms with Crippen molar-refractivity contribution in [1.82, 2.24) is 0 Å². The van der Waals surface area contributed by atoms with E-state index in [-0.39, 0.29) is 12.4 Å². The number of rotatable bonds is 3. The Morgan fingerprint density at radius 1 is 1.25 bits per heavy atom. The molecule has 0 spiro atoms. The number of halogens is 1. The maximum absolute atomic E-state index is 4.17. The number of benzene rings is 1. The zero-order chi connectivity index (χ0) is 8.10. The molecule has 0 N–H and O–H groups in total. The third-order valence-corrected chi connectivity index (χ3v) is 1.83. The number of thiol groups is 1. The summed E-state index contributed by atoms with van der Waals surface area (Å²) in [6.07, 6.45) is 0. The Balaban J connectivity index is 0.00000121. The monoisotopic (exact) mass is 203 g/mol. The third kappa shape index (κ3) is 3.37. The van der Waals surface area contributed by atoms with E-state index in [0.717, 1.165) is 12.3 Å². The van der Waals surface area contributed by atoms with Crippen LogP contribution in [0.5, 0.6) is 0 Å². The van der Waals surface area contributed by atoms with Crippen molar-refractivity contribution in [2.24, 2.45) is 0 Å². The molecule has 68 valence electrons. The molecular weight excluding hydrogens is 190 g/mol. The lowest BCUT2D eigenvalue weighted by molar-refractivity contribution is 0.980. The molecule has 0 bridgehead atoms. The van der Waals surface area contributed by atoms with Crippen LogP contribution in [0.1, 0.15) is 0 Å². The molecule has 0 atom stereocenters. The second-order valence-electron chi connectivity index (χ2n) is 2.48. The Labute approximate surface area is 85.6 Å². The second kappa shape index (κ2) is 6.21. The van der Waals surface area contributed by atoms with Crippen molar-refractivity contribution >= 4 is 30.7 Å². The van der Waals surface area contributed by atoms with Gasteiger partial charge in [0.15, 0.2) is 0 Å². The van der Waals surface area contributed by atoms with Crippen molar-refractivity contribution in [1.29, 1.82) is 0 Å². The largest absolute Gasteiger partial charge is 0.374 e. The van der Waals surface area contributed by atoms with Crippen molar-refractivity contribution < 1.29 is 0 Å². The SMILES string of the molecule is CN(CCS)c1ccccc1.Cl. The van der Waals surface area contributed by atoms with Crippen LogP contribution in [-0.2, 0) is 0 Å². The van der Waals surface area contributed by atoms with Crippen molar-refractivity contribution in [3.8, 4) is 0 Å². The van der Waals surface area contributed by atoms with Gasteiger partial charge in [0.25, 0.3) is 0 Å². The average molecular weight is 204 g/mol. The predicted octanol–water partition coefficient (Wildman–Crippen LogP) is 2.47. The van der Waals surface area contributed by atoms with Crippen molar-refractivity contribution in [3.63, 3.8) is 0 Å². The van der Waals surface area contributed by atoms with Gasteiger partial charge < -0.3 is 4.90 Å². The van der Waals surface area contributed by atoms with Gasteiger partial charge in [-0.15, -0.1) is 12.4 Å². The summed E-state index contributed by atoms with van der Waals surface area (Å²) in [5, 5.41) is 0. The molecule has 0 amide bonds. The fourth-order valence-electron chi connectivity index (χ4n) is 0.962. The molecule has 0 unspecified atom stereocenters. The third-order valence-electron chi connectivity index (χ3n) is 1.63. The van der Waals surface area contributed by atoms with E-state index in [1.165, 1.54) is 5.69 Å². The number of nitrogens with zero attached hydrogens (tertiary/aromatic N) is 1. The van der Waals surface area contributed by atoms with Gasteiger partial charge in [-0.05, 0) is 12.1 Å². The van der Waals surface area contributed by atoms with Crippen LogP contribution in [-0.4, -0.2) is 19.3 Å². The lowest BCUT2D eigenvalue weighted by Crippen LogP contribution is -2.19. The van der Waals surface area contributed by atoms with Crippen LogP contribution in [0.3, 0.4) is 0 Å². The quantitative estimate of drug-likeness (QED) is 0.739. The number of hydrogen-bond donors (Lipinski definition) is 1. The fourth-order valence-corrected chi connectivity index (χ4v) is 1.26. The summed E-state index contributed by atoms with van der Waals surface area (Å²) in [5.41, 5.74) is 1.25. The Morgan fingerprint density at radius 2 is 1.83 bits per heavy atom. The molecule has 0 radical (unpaired) electrons. The van der Waals surface area contributed by atoms with Gasteiger partial charge in [0.05, 0.1) is 0 Å². The van der Waals surface area contributed by atoms with Crippen LogP contribution in [0, 0.1) is 0 Å². The van der Waals surface area contributed by atoms with Gasteiger partial charge in [-0.25, -0.2) is 0 Å². The highest BCUT2D eigenvalue weighted by molar-refractivity contribution is 7.80. The number of para-hydroxylation sites is 1. The maximum Gasteiger partial charge on any atom is 0.0363 e. The maximum atomic E-state index is 4.17. The van der Waals surface area contributed by atoms with Crippen LogP contribution >= 0.6 is 25.0 Å². The zero-order valence-electron chi connectivity index (χ0n) is 7.10. The first kappa shape index (κ1) is 11.7. The molecule has 0 aliphatic rings. The zero-order valence-corrected chi connectivity index (χ0v) is 8.81. The van der Waals surface area contributed by atoms with Gasteiger partial charge in [-0.3, -0.25) is 0 Å². The minimum absolute atomic E-state index is 0. The fraction of sp³-hybridized carbons (Fsp3) is 0.333. The molecule has 3 heteroatoms. The van der Waals surface area contributed by atoms with Gasteiger partial charge in [0, 0.05) is 25.0 Å². The molecule has 0 fully saturated rings. The number of anilines is 1. The van der Waals surface area contributed by atoms with E-state index in [1.54, 1.807) is 0 Å². The molecule has 12 heavy (non-hydrogen) atoms. The lowest BCUT2D eigenvalue weighted by Gasteiger charge is -2.17. The van der Waals surface area contributed by atoms with Crippen LogP contribution in [0.15, 0.2) is 30.3 Å². The van der Waals surface area contributed by atoms with Crippen LogP contribution < -0.4 is 4.90 Å². The smallest absolute Gasteiger partial charge is 0.0363 e. The summed E-state index contributed by atoms with van der Waals surface area (Å²) >= 11 is 4.17. The molecule has 1 aromatic carbocycles. The molecule has 0 aliphatic carbocycles. The van der Waals surface area contributed by atoms with E-state index in [0.29, 0.717) is 0 Å². The van der Waals surface area contributed by atoms with Gasteiger partial charge in [0.2, 0.25) is 0 Å². The van der Waals surface area contributed by atoms with Crippen LogP contribution in [0.4, 0.5) is 5.69 Å². The van der Waals surface area contributed by atoms with Crippen LogP contribution in [0.2, 0.25) is 0 Å². The van der Waals surface area contributed by atoms with E-state index in [2.05, 4.69) is 36.7 Å². The van der Waals surface area contributed by atoms with E-state index >= 15 is 0 Å². The summed E-state index contributed by atoms with van der Waals surface area (Å²) in [6, 6.07) is 10.3. The lowest BCUT2D eigenvalue weighted by atomic mass is 10.3. The summed E-state index contributed by atoms with van der Waals surface area (Å²) < 4.78 is 0. The molecule has 0 heterocycles. The van der Waals surface area contributed by atoms with Crippen molar-refractivity contribution in [2.45, 2.75) is 0 Å². The summed E-state index contributed by atoms with van der Waals surface area (Å²) in [7, 11) is 2.07. The summed E-state index contributed by atoms with van der Waals surface area (Å²) in [6.45, 7) is 0.993. The standard InChI is InChI=1S/C9H13NS.ClH/c1-10(7-8-11)9-5-3-2-4-6-9;/h2-6,11H,7-8H2,1H3;1H. The Bertz CT molecular complexity index is 203. The Hall–Kier alpha value is -0.340. The predicted molar refractivity (Wildman–Crippen MR) is 60.8 cm³/mol. The molecule has 0 aliphatic heterocycles. The van der Waals surface area contributed by atoms with E-state index in [9.17, 15) is 0 Å². The molecular formula is C9H14ClNS. The molecule has 0 aromatic heterocycles. The highest BCUT2D eigenvalue weighted by Crippen LogP contribution is 2.09. The summed E-state index contributed by atoms with van der Waals surface area (Å²) in [4.78, 5) is 2.19. The Morgan fingerprint density at radius 3 is 2.33 bits per heavy atom. The molecule has 1 rings (SSSR count). The van der Waals surface area contributed by atoms with Gasteiger partial charge >= 0.3 is 0 Å². The molecule has 0 saturated heterocycles. The number of hydrogen-bond acceptors (Lipinski definition) is 2. The first-order chi connectivity index (χ1) is 5.34.